The first kappa shape index (κ1) is 9.19. The van der Waals surface area contributed by atoms with Gasteiger partial charge in [0.2, 0.25) is 0 Å². The summed E-state index contributed by atoms with van der Waals surface area (Å²) < 4.78 is 15.4. The summed E-state index contributed by atoms with van der Waals surface area (Å²) in [6.45, 7) is 4.91. The highest BCUT2D eigenvalue weighted by molar-refractivity contribution is 5.76. The van der Waals surface area contributed by atoms with E-state index in [-0.39, 0.29) is 5.82 Å². The lowest BCUT2D eigenvalue weighted by Crippen LogP contribution is -1.98. The first-order valence-corrected chi connectivity index (χ1v) is 4.85. The van der Waals surface area contributed by atoms with Crippen molar-refractivity contribution in [2.75, 3.05) is 0 Å². The second-order valence-electron chi connectivity index (χ2n) is 3.42. The smallest absolute Gasteiger partial charge is 0.151 e. The van der Waals surface area contributed by atoms with Gasteiger partial charge in [-0.1, -0.05) is 13.0 Å². The summed E-state index contributed by atoms with van der Waals surface area (Å²) in [6.07, 6.45) is 1.03. The minimum atomic E-state index is -0.236. The van der Waals surface area contributed by atoms with Crippen molar-refractivity contribution >= 4 is 11.0 Å². The van der Waals surface area contributed by atoms with Gasteiger partial charge in [-0.25, -0.2) is 9.37 Å². The van der Waals surface area contributed by atoms with Crippen LogP contribution in [0.15, 0.2) is 18.2 Å². The maximum atomic E-state index is 13.3. The molecule has 0 saturated carbocycles. The molecule has 3 heteroatoms. The van der Waals surface area contributed by atoms with Crippen LogP contribution in [-0.4, -0.2) is 9.55 Å². The number of hydrogen-bond donors (Lipinski definition) is 0. The molecule has 14 heavy (non-hydrogen) atoms. The van der Waals surface area contributed by atoms with E-state index >= 15 is 0 Å². The number of para-hydroxylation sites is 1. The van der Waals surface area contributed by atoms with E-state index in [0.29, 0.717) is 5.52 Å². The molecule has 1 heterocycles. The van der Waals surface area contributed by atoms with Crippen LogP contribution in [0.4, 0.5) is 4.39 Å². The average Bonchev–Trinajstić information content (AvgIpc) is 2.47. The average molecular weight is 192 g/mol. The van der Waals surface area contributed by atoms with Crippen molar-refractivity contribution in [1.82, 2.24) is 9.55 Å². The number of imidazole rings is 1. The molecule has 0 N–H and O–H groups in total. The molecule has 0 bridgehead atoms. The molecule has 0 radical (unpaired) electrons. The van der Waals surface area contributed by atoms with Crippen molar-refractivity contribution in [3.8, 4) is 0 Å². The van der Waals surface area contributed by atoms with Crippen LogP contribution in [0, 0.1) is 12.7 Å². The number of halogens is 1. The summed E-state index contributed by atoms with van der Waals surface area (Å²) in [7, 11) is 0. The second kappa shape index (κ2) is 3.40. The number of fused-ring (bicyclic) bond motifs is 1. The van der Waals surface area contributed by atoms with E-state index in [1.54, 1.807) is 6.07 Å². The molecule has 0 atom stereocenters. The molecule has 0 fully saturated rings. The highest BCUT2D eigenvalue weighted by atomic mass is 19.1. The van der Waals surface area contributed by atoms with E-state index in [1.165, 1.54) is 6.07 Å². The van der Waals surface area contributed by atoms with Crippen LogP contribution >= 0.6 is 0 Å². The third kappa shape index (κ3) is 1.29. The Bertz CT molecular complexity index is 460. The fraction of sp³-hybridized carbons (Fsp3) is 0.364. The zero-order valence-electron chi connectivity index (χ0n) is 8.42. The minimum Gasteiger partial charge on any atom is -0.328 e. The van der Waals surface area contributed by atoms with Gasteiger partial charge in [0, 0.05) is 6.54 Å². The predicted molar refractivity (Wildman–Crippen MR) is 54.7 cm³/mol. The largest absolute Gasteiger partial charge is 0.328 e. The summed E-state index contributed by atoms with van der Waals surface area (Å²) in [4.78, 5) is 4.22. The Labute approximate surface area is 82.4 Å². The number of hydrogen-bond acceptors (Lipinski definition) is 1. The molecule has 0 aliphatic carbocycles. The van der Waals surface area contributed by atoms with E-state index in [9.17, 15) is 4.39 Å². The van der Waals surface area contributed by atoms with Crippen LogP contribution in [0.5, 0.6) is 0 Å². The normalized spacial score (nSPS) is 11.1. The lowest BCUT2D eigenvalue weighted by atomic mass is 10.3. The van der Waals surface area contributed by atoms with E-state index in [2.05, 4.69) is 16.5 Å². The summed E-state index contributed by atoms with van der Waals surface area (Å²) in [5.74, 6) is 0.646. The highest BCUT2D eigenvalue weighted by Gasteiger charge is 2.09. The molecule has 2 nitrogen and oxygen atoms in total. The van der Waals surface area contributed by atoms with Gasteiger partial charge in [0.25, 0.3) is 0 Å². The molecule has 1 aromatic carbocycles. The lowest BCUT2D eigenvalue weighted by molar-refractivity contribution is 0.637. The molecule has 0 aliphatic rings. The molecule has 2 aromatic rings. The van der Waals surface area contributed by atoms with Gasteiger partial charge in [-0.05, 0) is 25.5 Å². The van der Waals surface area contributed by atoms with Crippen molar-refractivity contribution < 1.29 is 4.39 Å². The van der Waals surface area contributed by atoms with Gasteiger partial charge in [0.1, 0.15) is 11.3 Å². The Morgan fingerprint density at radius 3 is 2.93 bits per heavy atom. The molecule has 1 aromatic heterocycles. The van der Waals surface area contributed by atoms with Crippen LogP contribution in [-0.2, 0) is 6.54 Å². The van der Waals surface area contributed by atoms with Crippen molar-refractivity contribution in [1.29, 1.82) is 0 Å². The third-order valence-electron chi connectivity index (χ3n) is 2.37. The topological polar surface area (TPSA) is 17.8 Å². The van der Waals surface area contributed by atoms with Gasteiger partial charge in [-0.15, -0.1) is 0 Å². The van der Waals surface area contributed by atoms with Gasteiger partial charge in [0.15, 0.2) is 5.82 Å². The van der Waals surface area contributed by atoms with E-state index in [1.807, 2.05) is 13.0 Å². The number of nitrogens with zero attached hydrogens (tertiary/aromatic N) is 2. The van der Waals surface area contributed by atoms with Gasteiger partial charge in [0.05, 0.1) is 5.52 Å². The highest BCUT2D eigenvalue weighted by Crippen LogP contribution is 2.18. The van der Waals surface area contributed by atoms with Crippen LogP contribution in [0.1, 0.15) is 19.2 Å². The summed E-state index contributed by atoms with van der Waals surface area (Å²) in [5, 5.41) is 0. The molecule has 0 saturated heterocycles. The Kier molecular flexibility index (Phi) is 2.23. The van der Waals surface area contributed by atoms with E-state index < -0.39 is 0 Å². The zero-order chi connectivity index (χ0) is 10.1. The summed E-state index contributed by atoms with van der Waals surface area (Å²) in [6, 6.07) is 5.09. The van der Waals surface area contributed by atoms with Crippen molar-refractivity contribution in [2.45, 2.75) is 26.8 Å². The maximum Gasteiger partial charge on any atom is 0.151 e. The standard InChI is InChI=1S/C11H13FN2/c1-3-7-14-8(2)13-11-9(12)5-4-6-10(11)14/h4-6H,3,7H2,1-2H3. The molecule has 0 amide bonds. The van der Waals surface area contributed by atoms with Crippen LogP contribution in [0.3, 0.4) is 0 Å². The molecular formula is C11H13FN2. The zero-order valence-corrected chi connectivity index (χ0v) is 8.42. The van der Waals surface area contributed by atoms with Crippen LogP contribution in [0.2, 0.25) is 0 Å². The molecule has 0 aliphatic heterocycles. The van der Waals surface area contributed by atoms with Gasteiger partial charge in [-0.3, -0.25) is 0 Å². The SMILES string of the molecule is CCCn1c(C)nc2c(F)cccc21. The minimum absolute atomic E-state index is 0.236. The molecule has 0 unspecified atom stereocenters. The predicted octanol–water partition coefficient (Wildman–Crippen LogP) is 2.89. The molecule has 74 valence electrons. The van der Waals surface area contributed by atoms with Crippen molar-refractivity contribution in [2.24, 2.45) is 0 Å². The van der Waals surface area contributed by atoms with Gasteiger partial charge in [-0.2, -0.15) is 0 Å². The molecular weight excluding hydrogens is 179 g/mol. The van der Waals surface area contributed by atoms with E-state index in [0.717, 1.165) is 24.3 Å². The van der Waals surface area contributed by atoms with Gasteiger partial charge >= 0.3 is 0 Å². The third-order valence-corrected chi connectivity index (χ3v) is 2.37. The number of rotatable bonds is 2. The Balaban J connectivity index is 2.70. The summed E-state index contributed by atoms with van der Waals surface area (Å²) in [5.41, 5.74) is 1.38. The molecule has 2 rings (SSSR count). The number of aromatic nitrogens is 2. The van der Waals surface area contributed by atoms with Crippen molar-refractivity contribution in [3.05, 3.63) is 29.8 Å². The van der Waals surface area contributed by atoms with Crippen molar-refractivity contribution in [3.63, 3.8) is 0 Å². The summed E-state index contributed by atoms with van der Waals surface area (Å²) >= 11 is 0. The monoisotopic (exact) mass is 192 g/mol. The Morgan fingerprint density at radius 2 is 2.21 bits per heavy atom. The Hall–Kier alpha value is -1.38. The Morgan fingerprint density at radius 1 is 1.43 bits per heavy atom. The lowest BCUT2D eigenvalue weighted by Gasteiger charge is -2.03. The maximum absolute atomic E-state index is 13.3. The first-order valence-electron chi connectivity index (χ1n) is 4.85. The van der Waals surface area contributed by atoms with Crippen LogP contribution < -0.4 is 0 Å². The van der Waals surface area contributed by atoms with Crippen LogP contribution in [0.25, 0.3) is 11.0 Å². The fourth-order valence-corrected chi connectivity index (χ4v) is 1.73. The quantitative estimate of drug-likeness (QED) is 0.715. The first-order chi connectivity index (χ1) is 6.74. The number of benzene rings is 1. The molecule has 0 spiro atoms. The van der Waals surface area contributed by atoms with Gasteiger partial charge < -0.3 is 4.57 Å². The fourth-order valence-electron chi connectivity index (χ4n) is 1.73. The number of aryl methyl sites for hydroxylation is 2. The second-order valence-corrected chi connectivity index (χ2v) is 3.42. The van der Waals surface area contributed by atoms with E-state index in [4.69, 9.17) is 0 Å².